The Morgan fingerprint density at radius 3 is 2.61 bits per heavy atom. The predicted octanol–water partition coefficient (Wildman–Crippen LogP) is 2.51. The van der Waals surface area contributed by atoms with E-state index in [-0.39, 0.29) is 29.4 Å². The molecule has 0 bridgehead atoms. The summed E-state index contributed by atoms with van der Waals surface area (Å²) in [6.45, 7) is 3.73. The number of nitrogens with zero attached hydrogens (tertiary/aromatic N) is 4. The van der Waals surface area contributed by atoms with Crippen molar-refractivity contribution in [2.75, 3.05) is 11.4 Å². The van der Waals surface area contributed by atoms with Gasteiger partial charge in [-0.25, -0.2) is 14.4 Å². The molecule has 0 spiro atoms. The predicted molar refractivity (Wildman–Crippen MR) is 85.5 cm³/mol. The summed E-state index contributed by atoms with van der Waals surface area (Å²) in [7, 11) is 0. The van der Waals surface area contributed by atoms with Gasteiger partial charge in [0.15, 0.2) is 0 Å². The van der Waals surface area contributed by atoms with Gasteiger partial charge in [0.25, 0.3) is 5.95 Å². The Morgan fingerprint density at radius 1 is 1.26 bits per heavy atom. The van der Waals surface area contributed by atoms with Gasteiger partial charge in [-0.15, -0.1) is 0 Å². The zero-order valence-electron chi connectivity index (χ0n) is 12.5. The Balaban J connectivity index is 2.00. The summed E-state index contributed by atoms with van der Waals surface area (Å²) in [6.07, 6.45) is 0. The number of rotatable bonds is 2. The van der Waals surface area contributed by atoms with E-state index in [4.69, 9.17) is 11.6 Å². The maximum Gasteiger partial charge on any atom is 0.253 e. The van der Waals surface area contributed by atoms with Crippen molar-refractivity contribution >= 4 is 35.1 Å². The molecule has 1 aliphatic heterocycles. The molecule has 0 radical (unpaired) electrons. The second-order valence-electron chi connectivity index (χ2n) is 5.12. The molecule has 0 unspecified atom stereocenters. The van der Waals surface area contributed by atoms with Crippen molar-refractivity contribution < 1.29 is 9.18 Å². The SMILES string of the molecule is Cc1cc(C)nc(N=C2NC(=O)CN2c2ccc(F)c(Cl)c2)n1. The number of aryl methyl sites for hydroxylation is 2. The van der Waals surface area contributed by atoms with Gasteiger partial charge in [0.2, 0.25) is 11.9 Å². The quantitative estimate of drug-likeness (QED) is 0.916. The molecule has 1 saturated heterocycles. The third kappa shape index (κ3) is 3.29. The monoisotopic (exact) mass is 333 g/mol. The van der Waals surface area contributed by atoms with Crippen molar-refractivity contribution in [3.05, 3.63) is 46.5 Å². The Kier molecular flexibility index (Phi) is 3.96. The van der Waals surface area contributed by atoms with Gasteiger partial charge in [-0.1, -0.05) is 11.6 Å². The maximum absolute atomic E-state index is 13.3. The van der Waals surface area contributed by atoms with Crippen molar-refractivity contribution in [2.24, 2.45) is 4.99 Å². The van der Waals surface area contributed by atoms with Crippen molar-refractivity contribution in [3.63, 3.8) is 0 Å². The number of hydrogen-bond acceptors (Lipinski definition) is 4. The molecule has 3 rings (SSSR count). The lowest BCUT2D eigenvalue weighted by atomic mass is 10.3. The minimum Gasteiger partial charge on any atom is -0.302 e. The summed E-state index contributed by atoms with van der Waals surface area (Å²) in [5, 5.41) is 2.62. The third-order valence-electron chi connectivity index (χ3n) is 3.20. The van der Waals surface area contributed by atoms with Crippen molar-refractivity contribution in [2.45, 2.75) is 13.8 Å². The van der Waals surface area contributed by atoms with E-state index in [1.165, 1.54) is 18.2 Å². The van der Waals surface area contributed by atoms with E-state index in [0.717, 1.165) is 11.4 Å². The number of anilines is 1. The molecular formula is C15H13ClFN5O. The van der Waals surface area contributed by atoms with Crippen LogP contribution in [0, 0.1) is 19.7 Å². The van der Waals surface area contributed by atoms with Crippen LogP contribution in [0.2, 0.25) is 5.02 Å². The van der Waals surface area contributed by atoms with Crippen LogP contribution in [-0.4, -0.2) is 28.4 Å². The average Bonchev–Trinajstić information content (AvgIpc) is 2.81. The summed E-state index contributed by atoms with van der Waals surface area (Å²) in [6, 6.07) is 6.04. The smallest absolute Gasteiger partial charge is 0.253 e. The molecule has 118 valence electrons. The summed E-state index contributed by atoms with van der Waals surface area (Å²) < 4.78 is 13.3. The Hall–Kier alpha value is -2.54. The number of aliphatic imine (C=N–C) groups is 1. The van der Waals surface area contributed by atoms with Crippen LogP contribution in [0.5, 0.6) is 0 Å². The Labute approximate surface area is 137 Å². The first kappa shape index (κ1) is 15.4. The maximum atomic E-state index is 13.3. The van der Waals surface area contributed by atoms with Crippen LogP contribution in [0.15, 0.2) is 29.3 Å². The number of aromatic nitrogens is 2. The second-order valence-corrected chi connectivity index (χ2v) is 5.53. The van der Waals surface area contributed by atoms with Gasteiger partial charge in [-0.3, -0.25) is 10.1 Å². The van der Waals surface area contributed by atoms with Gasteiger partial charge in [-0.2, -0.15) is 4.99 Å². The van der Waals surface area contributed by atoms with Gasteiger partial charge in [0.05, 0.1) is 5.02 Å². The summed E-state index contributed by atoms with van der Waals surface area (Å²) >= 11 is 5.81. The van der Waals surface area contributed by atoms with E-state index >= 15 is 0 Å². The van der Waals surface area contributed by atoms with Crippen LogP contribution in [0.3, 0.4) is 0 Å². The first-order valence-corrected chi connectivity index (χ1v) is 7.23. The van der Waals surface area contributed by atoms with Crippen LogP contribution in [0.25, 0.3) is 0 Å². The van der Waals surface area contributed by atoms with Crippen molar-refractivity contribution in [1.82, 2.24) is 15.3 Å². The van der Waals surface area contributed by atoms with Gasteiger partial charge in [0, 0.05) is 17.1 Å². The largest absolute Gasteiger partial charge is 0.302 e. The molecule has 0 atom stereocenters. The first-order chi connectivity index (χ1) is 10.9. The summed E-state index contributed by atoms with van der Waals surface area (Å²) in [4.78, 5) is 26.1. The molecule has 1 aromatic heterocycles. The number of nitrogens with one attached hydrogen (secondary N) is 1. The van der Waals surface area contributed by atoms with E-state index in [2.05, 4.69) is 20.3 Å². The van der Waals surface area contributed by atoms with Gasteiger partial charge >= 0.3 is 0 Å². The molecule has 1 aliphatic rings. The highest BCUT2D eigenvalue weighted by Crippen LogP contribution is 2.24. The highest BCUT2D eigenvalue weighted by Gasteiger charge is 2.27. The van der Waals surface area contributed by atoms with Crippen LogP contribution in [0.1, 0.15) is 11.4 Å². The number of carbonyl (C=O) groups is 1. The van der Waals surface area contributed by atoms with Crippen LogP contribution in [-0.2, 0) is 4.79 Å². The fourth-order valence-electron chi connectivity index (χ4n) is 2.26. The zero-order chi connectivity index (χ0) is 16.6. The molecule has 2 heterocycles. The second kappa shape index (κ2) is 5.92. The average molecular weight is 334 g/mol. The van der Waals surface area contributed by atoms with Gasteiger partial charge in [-0.05, 0) is 38.1 Å². The zero-order valence-corrected chi connectivity index (χ0v) is 13.2. The lowest BCUT2D eigenvalue weighted by Gasteiger charge is -2.16. The molecular weight excluding hydrogens is 321 g/mol. The minimum atomic E-state index is -0.523. The van der Waals surface area contributed by atoms with E-state index in [1.54, 1.807) is 4.90 Å². The normalized spacial score (nSPS) is 16.1. The fourth-order valence-corrected chi connectivity index (χ4v) is 2.43. The molecule has 8 heteroatoms. The molecule has 23 heavy (non-hydrogen) atoms. The fraction of sp³-hybridized carbons (Fsp3) is 0.200. The van der Waals surface area contributed by atoms with E-state index < -0.39 is 5.82 Å². The minimum absolute atomic E-state index is 0.0242. The first-order valence-electron chi connectivity index (χ1n) is 6.86. The van der Waals surface area contributed by atoms with Crippen molar-refractivity contribution in [1.29, 1.82) is 0 Å². The molecule has 0 saturated carbocycles. The Bertz CT molecular complexity index is 803. The molecule has 2 aromatic rings. The number of hydrogen-bond donors (Lipinski definition) is 1. The Morgan fingerprint density at radius 2 is 1.96 bits per heavy atom. The standard InChI is InChI=1S/C15H13ClFN5O/c1-8-5-9(2)19-14(18-8)21-15-20-13(23)7-22(15)10-3-4-12(17)11(16)6-10/h3-6H,7H2,1-2H3,(H,18,19,20,21,23). The third-order valence-corrected chi connectivity index (χ3v) is 3.49. The molecule has 1 aromatic carbocycles. The van der Waals surface area contributed by atoms with E-state index in [1.807, 2.05) is 19.9 Å². The molecule has 1 fully saturated rings. The summed E-state index contributed by atoms with van der Waals surface area (Å²) in [5.74, 6) is -0.223. The number of halogens is 2. The van der Waals surface area contributed by atoms with E-state index in [9.17, 15) is 9.18 Å². The molecule has 1 N–H and O–H groups in total. The van der Waals surface area contributed by atoms with Gasteiger partial charge < -0.3 is 4.90 Å². The lowest BCUT2D eigenvalue weighted by Crippen LogP contribution is -2.30. The summed E-state index contributed by atoms with van der Waals surface area (Å²) in [5.41, 5.74) is 2.10. The lowest BCUT2D eigenvalue weighted by molar-refractivity contribution is -0.117. The molecule has 6 nitrogen and oxygen atoms in total. The topological polar surface area (TPSA) is 70.5 Å². The molecule has 0 aliphatic carbocycles. The van der Waals surface area contributed by atoms with Crippen LogP contribution in [0.4, 0.5) is 16.0 Å². The number of benzene rings is 1. The van der Waals surface area contributed by atoms with Gasteiger partial charge in [0.1, 0.15) is 12.4 Å². The number of carbonyl (C=O) groups excluding carboxylic acids is 1. The van der Waals surface area contributed by atoms with E-state index in [0.29, 0.717) is 5.69 Å². The highest BCUT2D eigenvalue weighted by molar-refractivity contribution is 6.31. The highest BCUT2D eigenvalue weighted by atomic mass is 35.5. The number of amides is 1. The van der Waals surface area contributed by atoms with Crippen LogP contribution >= 0.6 is 11.6 Å². The molecule has 1 amide bonds. The van der Waals surface area contributed by atoms with Crippen molar-refractivity contribution in [3.8, 4) is 0 Å². The van der Waals surface area contributed by atoms with Crippen LogP contribution < -0.4 is 10.2 Å². The number of guanidine groups is 1.